The van der Waals surface area contributed by atoms with Gasteiger partial charge in [-0.3, -0.25) is 0 Å². The van der Waals surface area contributed by atoms with Gasteiger partial charge in [-0.2, -0.15) is 0 Å². The van der Waals surface area contributed by atoms with Crippen LogP contribution in [0.15, 0.2) is 29.2 Å². The molecule has 3 rings (SSSR count). The number of thioether (sulfide) groups is 1. The van der Waals surface area contributed by atoms with Gasteiger partial charge in [0.1, 0.15) is 10.0 Å². The summed E-state index contributed by atoms with van der Waals surface area (Å²) in [5.41, 5.74) is 1.19. The molecule has 2 aromatic rings. The zero-order valence-electron chi connectivity index (χ0n) is 10.2. The van der Waals surface area contributed by atoms with Crippen molar-refractivity contribution in [3.63, 3.8) is 0 Å². The number of hydrogen-bond acceptors (Lipinski definition) is 5. The van der Waals surface area contributed by atoms with Gasteiger partial charge >= 0.3 is 0 Å². The van der Waals surface area contributed by atoms with E-state index in [9.17, 15) is 0 Å². The Kier molecular flexibility index (Phi) is 3.63. The van der Waals surface area contributed by atoms with Crippen LogP contribution in [0.1, 0.15) is 17.8 Å². The molecule has 0 unspecified atom stereocenters. The van der Waals surface area contributed by atoms with Crippen LogP contribution < -0.4 is 5.32 Å². The largest absolute Gasteiger partial charge is 0.308 e. The number of aromatic nitrogens is 2. The standard InChI is InChI=1S/C13H15N3S2/c1-17-11-5-3-2-4-10(11)13-16-15-12(18-13)8-14-9-6-7-9/h2-5,9,14H,6-8H2,1H3. The van der Waals surface area contributed by atoms with Gasteiger partial charge in [-0.05, 0) is 25.2 Å². The molecule has 3 nitrogen and oxygen atoms in total. The molecule has 18 heavy (non-hydrogen) atoms. The van der Waals surface area contributed by atoms with Crippen LogP contribution >= 0.6 is 23.1 Å². The summed E-state index contributed by atoms with van der Waals surface area (Å²) in [7, 11) is 0. The summed E-state index contributed by atoms with van der Waals surface area (Å²) in [4.78, 5) is 1.26. The van der Waals surface area contributed by atoms with E-state index in [0.717, 1.165) is 22.6 Å². The van der Waals surface area contributed by atoms with E-state index in [2.05, 4.69) is 46.0 Å². The van der Waals surface area contributed by atoms with Crippen molar-refractivity contribution >= 4 is 23.1 Å². The van der Waals surface area contributed by atoms with Crippen LogP contribution in [0.4, 0.5) is 0 Å². The van der Waals surface area contributed by atoms with Gasteiger partial charge < -0.3 is 5.32 Å². The Morgan fingerprint density at radius 2 is 2.17 bits per heavy atom. The molecule has 1 saturated carbocycles. The lowest BCUT2D eigenvalue weighted by Gasteiger charge is -2.02. The van der Waals surface area contributed by atoms with Gasteiger partial charge in [0.25, 0.3) is 0 Å². The minimum atomic E-state index is 0.718. The molecule has 0 bridgehead atoms. The molecule has 0 radical (unpaired) electrons. The first-order valence-corrected chi connectivity index (χ1v) is 8.10. The minimum absolute atomic E-state index is 0.718. The molecule has 1 fully saturated rings. The van der Waals surface area contributed by atoms with E-state index >= 15 is 0 Å². The third kappa shape index (κ3) is 2.74. The SMILES string of the molecule is CSc1ccccc1-c1nnc(CNC2CC2)s1. The van der Waals surface area contributed by atoms with Crippen LogP contribution in [-0.4, -0.2) is 22.5 Å². The molecule has 1 aliphatic carbocycles. The van der Waals surface area contributed by atoms with Crippen LogP contribution in [0.5, 0.6) is 0 Å². The third-order valence-electron chi connectivity index (χ3n) is 2.92. The fourth-order valence-electron chi connectivity index (χ4n) is 1.77. The molecule has 1 aromatic heterocycles. The highest BCUT2D eigenvalue weighted by Crippen LogP contribution is 2.32. The summed E-state index contributed by atoms with van der Waals surface area (Å²) in [6.45, 7) is 0.851. The average Bonchev–Trinajstić information content (AvgIpc) is 3.13. The van der Waals surface area contributed by atoms with Gasteiger partial charge in [-0.25, -0.2) is 0 Å². The second kappa shape index (κ2) is 5.38. The zero-order valence-corrected chi connectivity index (χ0v) is 11.9. The first kappa shape index (κ1) is 12.1. The summed E-state index contributed by atoms with van der Waals surface area (Å²) >= 11 is 3.44. The topological polar surface area (TPSA) is 37.8 Å². The van der Waals surface area contributed by atoms with E-state index in [0.29, 0.717) is 0 Å². The molecular weight excluding hydrogens is 262 g/mol. The highest BCUT2D eigenvalue weighted by Gasteiger charge is 2.20. The maximum atomic E-state index is 4.31. The molecule has 0 aliphatic heterocycles. The molecule has 1 heterocycles. The summed E-state index contributed by atoms with van der Waals surface area (Å²) in [5, 5.41) is 14.1. The van der Waals surface area contributed by atoms with E-state index in [4.69, 9.17) is 0 Å². The van der Waals surface area contributed by atoms with Gasteiger partial charge in [0.2, 0.25) is 0 Å². The Balaban J connectivity index is 1.78. The van der Waals surface area contributed by atoms with Crippen LogP contribution in [0.25, 0.3) is 10.6 Å². The smallest absolute Gasteiger partial charge is 0.148 e. The number of hydrogen-bond donors (Lipinski definition) is 1. The Morgan fingerprint density at radius 3 is 2.94 bits per heavy atom. The molecule has 1 aromatic carbocycles. The average molecular weight is 277 g/mol. The lowest BCUT2D eigenvalue weighted by molar-refractivity contribution is 0.679. The summed E-state index contributed by atoms with van der Waals surface area (Å²) in [6, 6.07) is 9.08. The second-order valence-electron chi connectivity index (χ2n) is 4.36. The first-order chi connectivity index (χ1) is 8.86. The van der Waals surface area contributed by atoms with Crippen LogP contribution in [0.3, 0.4) is 0 Å². The van der Waals surface area contributed by atoms with Gasteiger partial charge in [0, 0.05) is 23.0 Å². The van der Waals surface area contributed by atoms with E-state index in [-0.39, 0.29) is 0 Å². The quantitative estimate of drug-likeness (QED) is 0.852. The zero-order chi connectivity index (χ0) is 12.4. The fraction of sp³-hybridized carbons (Fsp3) is 0.385. The highest BCUT2D eigenvalue weighted by molar-refractivity contribution is 7.98. The number of nitrogens with one attached hydrogen (secondary N) is 1. The monoisotopic (exact) mass is 277 g/mol. The summed E-state index contributed by atoms with van der Waals surface area (Å²) in [6.07, 6.45) is 4.71. The maximum Gasteiger partial charge on any atom is 0.148 e. The molecule has 0 saturated heterocycles. The normalized spacial score (nSPS) is 14.9. The molecule has 0 atom stereocenters. The van der Waals surface area contributed by atoms with Crippen molar-refractivity contribution in [2.75, 3.05) is 6.26 Å². The van der Waals surface area contributed by atoms with E-state index in [1.807, 2.05) is 0 Å². The summed E-state index contributed by atoms with van der Waals surface area (Å²) in [5.74, 6) is 0. The lowest BCUT2D eigenvalue weighted by atomic mass is 10.2. The van der Waals surface area contributed by atoms with E-state index in [1.165, 1.54) is 23.3 Å². The van der Waals surface area contributed by atoms with Crippen molar-refractivity contribution in [1.29, 1.82) is 0 Å². The van der Waals surface area contributed by atoms with Crippen LogP contribution in [-0.2, 0) is 6.54 Å². The van der Waals surface area contributed by atoms with Crippen molar-refractivity contribution in [3.05, 3.63) is 29.3 Å². The molecule has 94 valence electrons. The molecular formula is C13H15N3S2. The predicted octanol–water partition coefficient (Wildman–Crippen LogP) is 3.18. The van der Waals surface area contributed by atoms with Gasteiger partial charge in [0.15, 0.2) is 0 Å². The van der Waals surface area contributed by atoms with Crippen molar-refractivity contribution in [2.45, 2.75) is 30.3 Å². The molecule has 0 spiro atoms. The van der Waals surface area contributed by atoms with Gasteiger partial charge in [0.05, 0.1) is 0 Å². The van der Waals surface area contributed by atoms with Crippen molar-refractivity contribution < 1.29 is 0 Å². The number of rotatable bonds is 5. The first-order valence-electron chi connectivity index (χ1n) is 6.06. The van der Waals surface area contributed by atoms with Crippen molar-refractivity contribution in [1.82, 2.24) is 15.5 Å². The molecule has 0 amide bonds. The highest BCUT2D eigenvalue weighted by atomic mass is 32.2. The van der Waals surface area contributed by atoms with Crippen LogP contribution in [0.2, 0.25) is 0 Å². The minimum Gasteiger partial charge on any atom is -0.308 e. The summed E-state index contributed by atoms with van der Waals surface area (Å²) < 4.78 is 0. The molecule has 1 aliphatic rings. The van der Waals surface area contributed by atoms with Gasteiger partial charge in [-0.15, -0.1) is 22.0 Å². The van der Waals surface area contributed by atoms with Crippen molar-refractivity contribution in [2.24, 2.45) is 0 Å². The van der Waals surface area contributed by atoms with Crippen LogP contribution in [0, 0.1) is 0 Å². The Hall–Kier alpha value is -0.910. The molecule has 5 heteroatoms. The number of benzene rings is 1. The maximum absolute atomic E-state index is 4.31. The van der Waals surface area contributed by atoms with E-state index < -0.39 is 0 Å². The predicted molar refractivity (Wildman–Crippen MR) is 77.0 cm³/mol. The Labute approximate surface area is 115 Å². The Morgan fingerprint density at radius 1 is 1.33 bits per heavy atom. The van der Waals surface area contributed by atoms with Gasteiger partial charge in [-0.1, -0.05) is 29.5 Å². The Bertz CT molecular complexity index is 535. The fourth-order valence-corrected chi connectivity index (χ4v) is 3.27. The van der Waals surface area contributed by atoms with Crippen molar-refractivity contribution in [3.8, 4) is 10.6 Å². The molecule has 1 N–H and O–H groups in total. The third-order valence-corrected chi connectivity index (χ3v) is 4.68. The van der Waals surface area contributed by atoms with E-state index in [1.54, 1.807) is 23.1 Å². The second-order valence-corrected chi connectivity index (χ2v) is 6.27. The lowest BCUT2D eigenvalue weighted by Crippen LogP contribution is -2.14. The number of nitrogens with zero attached hydrogens (tertiary/aromatic N) is 2.